The maximum Gasteiger partial charge on any atom is 0.223 e. The number of ether oxygens (including phenoxy) is 2. The molecule has 0 heterocycles. The Labute approximate surface area is 160 Å². The van der Waals surface area contributed by atoms with Crippen molar-refractivity contribution in [3.63, 3.8) is 0 Å². The summed E-state index contributed by atoms with van der Waals surface area (Å²) < 4.78 is 10.5. The normalized spacial score (nSPS) is 10.6. The Morgan fingerprint density at radius 2 is 1.77 bits per heavy atom. The van der Waals surface area contributed by atoms with E-state index in [9.17, 15) is 9.59 Å². The molecule has 0 aliphatic heterocycles. The van der Waals surface area contributed by atoms with Gasteiger partial charge in [0.15, 0.2) is 0 Å². The van der Waals surface area contributed by atoms with E-state index in [2.05, 4.69) is 10.2 Å². The van der Waals surface area contributed by atoms with E-state index in [1.165, 1.54) is 26.0 Å². The minimum atomic E-state index is -0.201. The van der Waals surface area contributed by atoms with E-state index in [1.807, 2.05) is 14.1 Å². The summed E-state index contributed by atoms with van der Waals surface area (Å²) in [6.07, 6.45) is 1.06. The van der Waals surface area contributed by atoms with Crippen molar-refractivity contribution >= 4 is 29.1 Å². The molecule has 0 bridgehead atoms. The van der Waals surface area contributed by atoms with Gasteiger partial charge in [-0.15, -0.1) is 0 Å². The van der Waals surface area contributed by atoms with Gasteiger partial charge in [-0.3, -0.25) is 9.59 Å². The van der Waals surface area contributed by atoms with Gasteiger partial charge in [-0.25, -0.2) is 0 Å². The van der Waals surface area contributed by atoms with Crippen LogP contribution in [0.4, 0.5) is 5.69 Å². The third-order valence-electron chi connectivity index (χ3n) is 3.79. The first kappa shape index (κ1) is 22.1. The van der Waals surface area contributed by atoms with Crippen LogP contribution in [0.25, 0.3) is 0 Å². The largest absolute Gasteiger partial charge is 0.495 e. The van der Waals surface area contributed by atoms with Gasteiger partial charge in [0.2, 0.25) is 11.8 Å². The fraction of sp³-hybridized carbons (Fsp3) is 0.556. The van der Waals surface area contributed by atoms with E-state index in [4.69, 9.17) is 21.1 Å². The molecule has 146 valence electrons. The number of nitrogens with zero attached hydrogens (tertiary/aromatic N) is 2. The molecule has 1 aromatic carbocycles. The summed E-state index contributed by atoms with van der Waals surface area (Å²) in [6, 6.07) is 3.23. The van der Waals surface area contributed by atoms with Crippen molar-refractivity contribution in [3.05, 3.63) is 17.2 Å². The number of carbonyl (C=O) groups is 2. The van der Waals surface area contributed by atoms with Crippen molar-refractivity contribution in [2.24, 2.45) is 0 Å². The van der Waals surface area contributed by atoms with Crippen LogP contribution in [0.1, 0.15) is 19.8 Å². The predicted octanol–water partition coefficient (Wildman–Crippen LogP) is 2.17. The first-order chi connectivity index (χ1) is 12.3. The molecule has 0 fully saturated rings. The van der Waals surface area contributed by atoms with Gasteiger partial charge in [0.1, 0.15) is 11.5 Å². The SMILES string of the molecule is COc1cc(N(CCC(=O)NCCCN(C)C)C(C)=O)c(OC)cc1Cl. The number of halogens is 1. The van der Waals surface area contributed by atoms with Gasteiger partial charge in [0, 0.05) is 38.6 Å². The topological polar surface area (TPSA) is 71.1 Å². The second kappa shape index (κ2) is 10.9. The van der Waals surface area contributed by atoms with Crippen LogP contribution in [-0.2, 0) is 9.59 Å². The fourth-order valence-electron chi connectivity index (χ4n) is 2.43. The first-order valence-electron chi connectivity index (χ1n) is 8.41. The van der Waals surface area contributed by atoms with Crippen molar-refractivity contribution in [2.75, 3.05) is 52.8 Å². The van der Waals surface area contributed by atoms with Crippen LogP contribution in [-0.4, -0.2) is 64.7 Å². The van der Waals surface area contributed by atoms with Gasteiger partial charge in [0.25, 0.3) is 0 Å². The van der Waals surface area contributed by atoms with Crippen LogP contribution in [0.5, 0.6) is 11.5 Å². The molecule has 0 aliphatic carbocycles. The lowest BCUT2D eigenvalue weighted by molar-refractivity contribution is -0.121. The molecule has 0 radical (unpaired) electrons. The summed E-state index contributed by atoms with van der Waals surface area (Å²) in [4.78, 5) is 27.7. The Kier molecular flexibility index (Phi) is 9.23. The Balaban J connectivity index is 2.78. The number of hydrogen-bond acceptors (Lipinski definition) is 5. The van der Waals surface area contributed by atoms with Crippen molar-refractivity contribution in [1.82, 2.24) is 10.2 Å². The summed E-state index contributed by atoms with van der Waals surface area (Å²) in [5.41, 5.74) is 0.515. The average Bonchev–Trinajstić information content (AvgIpc) is 2.59. The van der Waals surface area contributed by atoms with E-state index in [1.54, 1.807) is 12.1 Å². The maximum atomic E-state index is 12.1. The molecule has 0 spiro atoms. The van der Waals surface area contributed by atoms with Gasteiger partial charge in [0.05, 0.1) is 24.9 Å². The molecule has 2 amide bonds. The summed E-state index contributed by atoms with van der Waals surface area (Å²) in [6.45, 7) is 3.18. The van der Waals surface area contributed by atoms with Crippen LogP contribution in [0.2, 0.25) is 5.02 Å². The molecule has 0 saturated heterocycles. The minimum Gasteiger partial charge on any atom is -0.495 e. The monoisotopic (exact) mass is 385 g/mol. The maximum absolute atomic E-state index is 12.1. The zero-order valence-corrected chi connectivity index (χ0v) is 16.9. The summed E-state index contributed by atoms with van der Waals surface area (Å²) in [5, 5.41) is 3.25. The van der Waals surface area contributed by atoms with Crippen molar-refractivity contribution in [2.45, 2.75) is 19.8 Å². The molecule has 1 rings (SSSR count). The molecule has 0 atom stereocenters. The van der Waals surface area contributed by atoms with Crippen LogP contribution >= 0.6 is 11.6 Å². The molecule has 1 aromatic rings. The minimum absolute atomic E-state index is 0.102. The number of benzene rings is 1. The van der Waals surface area contributed by atoms with Gasteiger partial charge in [-0.2, -0.15) is 0 Å². The number of rotatable bonds is 10. The van der Waals surface area contributed by atoms with Crippen molar-refractivity contribution in [3.8, 4) is 11.5 Å². The number of methoxy groups -OCH3 is 2. The lowest BCUT2D eigenvalue weighted by atomic mass is 10.2. The van der Waals surface area contributed by atoms with Gasteiger partial charge < -0.3 is 24.6 Å². The first-order valence-corrected chi connectivity index (χ1v) is 8.79. The Hall–Kier alpha value is -1.99. The molecule has 1 N–H and O–H groups in total. The smallest absolute Gasteiger partial charge is 0.223 e. The Morgan fingerprint density at radius 1 is 1.12 bits per heavy atom. The lowest BCUT2D eigenvalue weighted by Gasteiger charge is -2.24. The number of amides is 2. The van der Waals surface area contributed by atoms with Crippen LogP contribution in [0, 0.1) is 0 Å². The second-order valence-corrected chi connectivity index (χ2v) is 6.49. The molecule has 0 aliphatic rings. The van der Waals surface area contributed by atoms with E-state index in [-0.39, 0.29) is 24.8 Å². The van der Waals surface area contributed by atoms with Crippen LogP contribution < -0.4 is 19.7 Å². The van der Waals surface area contributed by atoms with Gasteiger partial charge in [-0.1, -0.05) is 11.6 Å². The number of anilines is 1. The molecule has 0 unspecified atom stereocenters. The fourth-order valence-corrected chi connectivity index (χ4v) is 2.66. The van der Waals surface area contributed by atoms with E-state index >= 15 is 0 Å². The molecule has 0 aromatic heterocycles. The predicted molar refractivity (Wildman–Crippen MR) is 103 cm³/mol. The highest BCUT2D eigenvalue weighted by molar-refractivity contribution is 6.32. The number of nitrogens with one attached hydrogen (secondary N) is 1. The quantitative estimate of drug-likeness (QED) is 0.625. The van der Waals surface area contributed by atoms with Crippen LogP contribution in [0.3, 0.4) is 0 Å². The van der Waals surface area contributed by atoms with E-state index in [0.29, 0.717) is 28.8 Å². The number of carbonyl (C=O) groups excluding carboxylic acids is 2. The van der Waals surface area contributed by atoms with Crippen molar-refractivity contribution in [1.29, 1.82) is 0 Å². The third-order valence-corrected chi connectivity index (χ3v) is 4.09. The highest BCUT2D eigenvalue weighted by Crippen LogP contribution is 2.38. The van der Waals surface area contributed by atoms with Gasteiger partial charge >= 0.3 is 0 Å². The standard InChI is InChI=1S/C18H28ClN3O4/c1-13(23)22(10-7-18(24)20-8-6-9-21(2)3)15-12-16(25-4)14(19)11-17(15)26-5/h11-12H,6-10H2,1-5H3,(H,20,24). The van der Waals surface area contributed by atoms with Gasteiger partial charge in [-0.05, 0) is 27.1 Å². The summed E-state index contributed by atoms with van der Waals surface area (Å²) >= 11 is 6.11. The molecular weight excluding hydrogens is 358 g/mol. The lowest BCUT2D eigenvalue weighted by Crippen LogP contribution is -2.34. The molecule has 8 heteroatoms. The Bertz CT molecular complexity index is 623. The highest BCUT2D eigenvalue weighted by atomic mass is 35.5. The van der Waals surface area contributed by atoms with Crippen molar-refractivity contribution < 1.29 is 19.1 Å². The molecule has 7 nitrogen and oxygen atoms in total. The molecule has 26 heavy (non-hydrogen) atoms. The third kappa shape index (κ3) is 6.72. The summed E-state index contributed by atoms with van der Waals surface area (Å²) in [7, 11) is 6.97. The second-order valence-electron chi connectivity index (χ2n) is 6.09. The molecule has 0 saturated carbocycles. The van der Waals surface area contributed by atoms with Crippen LogP contribution in [0.15, 0.2) is 12.1 Å². The summed E-state index contributed by atoms with van der Waals surface area (Å²) in [5.74, 6) is 0.572. The average molecular weight is 386 g/mol. The Morgan fingerprint density at radius 3 is 2.31 bits per heavy atom. The number of hydrogen-bond donors (Lipinski definition) is 1. The van der Waals surface area contributed by atoms with E-state index < -0.39 is 0 Å². The zero-order valence-electron chi connectivity index (χ0n) is 16.1. The highest BCUT2D eigenvalue weighted by Gasteiger charge is 2.20. The van der Waals surface area contributed by atoms with E-state index in [0.717, 1.165) is 13.0 Å². The molecular formula is C18H28ClN3O4. The zero-order chi connectivity index (χ0) is 19.7.